The molecule has 24 heavy (non-hydrogen) atoms. The number of nitrogens with zero attached hydrogens (tertiary/aromatic N) is 1. The molecule has 0 aliphatic carbocycles. The maximum atomic E-state index is 13.4. The average Bonchev–Trinajstić information content (AvgIpc) is 2.47. The fraction of sp³-hybridized carbons (Fsp3) is 0.500. The second-order valence-corrected chi connectivity index (χ2v) is 7.58. The summed E-state index contributed by atoms with van der Waals surface area (Å²) in [7, 11) is 0. The van der Waals surface area contributed by atoms with Gasteiger partial charge in [-0.2, -0.15) is 0 Å². The van der Waals surface area contributed by atoms with Gasteiger partial charge in [-0.05, 0) is 50.5 Å². The van der Waals surface area contributed by atoms with Crippen LogP contribution >= 0.6 is 11.6 Å². The van der Waals surface area contributed by atoms with Gasteiger partial charge >= 0.3 is 6.09 Å². The SMILES string of the molecule is CC(C)(C)OC(=O)N1C2C=C(c3ccc(F)c(Cl)c3)CC1COC2. The largest absolute Gasteiger partial charge is 0.444 e. The average molecular weight is 354 g/mol. The van der Waals surface area contributed by atoms with E-state index in [-0.39, 0.29) is 23.2 Å². The molecule has 1 aromatic carbocycles. The van der Waals surface area contributed by atoms with E-state index in [4.69, 9.17) is 21.1 Å². The lowest BCUT2D eigenvalue weighted by Gasteiger charge is -2.44. The molecule has 130 valence electrons. The van der Waals surface area contributed by atoms with Crippen molar-refractivity contribution >= 4 is 23.3 Å². The summed E-state index contributed by atoms with van der Waals surface area (Å²) in [5, 5.41) is 0.101. The van der Waals surface area contributed by atoms with Gasteiger partial charge in [-0.1, -0.05) is 23.7 Å². The minimum atomic E-state index is -0.541. The molecular weight excluding hydrogens is 333 g/mol. The molecule has 1 saturated heterocycles. The zero-order chi connectivity index (χ0) is 17.5. The second kappa shape index (κ2) is 6.37. The van der Waals surface area contributed by atoms with Crippen LogP contribution in [-0.2, 0) is 9.47 Å². The highest BCUT2D eigenvalue weighted by Crippen LogP contribution is 2.34. The number of halogens is 2. The highest BCUT2D eigenvalue weighted by atomic mass is 35.5. The summed E-state index contributed by atoms with van der Waals surface area (Å²) in [6.07, 6.45) is 2.29. The van der Waals surface area contributed by atoms with Crippen LogP contribution in [0.3, 0.4) is 0 Å². The van der Waals surface area contributed by atoms with Crippen LogP contribution < -0.4 is 0 Å². The van der Waals surface area contributed by atoms with E-state index in [1.807, 2.05) is 26.8 Å². The van der Waals surface area contributed by atoms with Gasteiger partial charge in [-0.25, -0.2) is 9.18 Å². The molecule has 2 atom stereocenters. The molecule has 0 saturated carbocycles. The molecule has 2 aliphatic heterocycles. The summed E-state index contributed by atoms with van der Waals surface area (Å²) in [5.41, 5.74) is 1.39. The van der Waals surface area contributed by atoms with Crippen molar-refractivity contribution in [1.82, 2.24) is 4.90 Å². The van der Waals surface area contributed by atoms with Gasteiger partial charge in [-0.3, -0.25) is 4.90 Å². The lowest BCUT2D eigenvalue weighted by Crippen LogP contribution is -2.57. The van der Waals surface area contributed by atoms with Crippen LogP contribution in [-0.4, -0.2) is 41.9 Å². The molecule has 6 heteroatoms. The van der Waals surface area contributed by atoms with Crippen molar-refractivity contribution in [2.45, 2.75) is 44.9 Å². The predicted octanol–water partition coefficient (Wildman–Crippen LogP) is 4.27. The van der Waals surface area contributed by atoms with Gasteiger partial charge < -0.3 is 9.47 Å². The molecule has 0 radical (unpaired) electrons. The monoisotopic (exact) mass is 353 g/mol. The number of amides is 1. The molecule has 1 amide bonds. The highest BCUT2D eigenvalue weighted by molar-refractivity contribution is 6.30. The molecule has 3 rings (SSSR count). The summed E-state index contributed by atoms with van der Waals surface area (Å²) in [4.78, 5) is 14.3. The molecule has 1 fully saturated rings. The van der Waals surface area contributed by atoms with Crippen molar-refractivity contribution in [2.24, 2.45) is 0 Å². The molecule has 4 nitrogen and oxygen atoms in total. The van der Waals surface area contributed by atoms with Crippen LogP contribution in [0.2, 0.25) is 5.02 Å². The summed E-state index contributed by atoms with van der Waals surface area (Å²) < 4.78 is 24.5. The summed E-state index contributed by atoms with van der Waals surface area (Å²) in [5.74, 6) is -0.435. The first-order valence-corrected chi connectivity index (χ1v) is 8.37. The van der Waals surface area contributed by atoms with Crippen molar-refractivity contribution < 1.29 is 18.7 Å². The standard InChI is InChI=1S/C18H21ClFNO3/c1-18(2,3)24-17(22)21-13-6-12(7-14(21)10-23-9-13)11-4-5-16(20)15(19)8-11/h4-6,8,13-14H,7,9-10H2,1-3H3. The van der Waals surface area contributed by atoms with Crippen LogP contribution in [0.1, 0.15) is 32.8 Å². The Morgan fingerprint density at radius 2 is 2.12 bits per heavy atom. The topological polar surface area (TPSA) is 38.8 Å². The van der Waals surface area contributed by atoms with Crippen LogP contribution in [0, 0.1) is 5.82 Å². The molecule has 1 aromatic rings. The fourth-order valence-corrected chi connectivity index (χ4v) is 3.29. The Kier molecular flexibility index (Phi) is 4.58. The van der Waals surface area contributed by atoms with E-state index in [1.165, 1.54) is 6.07 Å². The summed E-state index contributed by atoms with van der Waals surface area (Å²) in [6, 6.07) is 4.42. The van der Waals surface area contributed by atoms with Gasteiger partial charge in [0.05, 0.1) is 30.3 Å². The Hall–Kier alpha value is -1.59. The summed E-state index contributed by atoms with van der Waals surface area (Å²) >= 11 is 5.89. The number of carbonyl (C=O) groups excluding carboxylic acids is 1. The predicted molar refractivity (Wildman–Crippen MR) is 90.5 cm³/mol. The molecule has 2 heterocycles. The van der Waals surface area contributed by atoms with E-state index in [1.54, 1.807) is 17.0 Å². The van der Waals surface area contributed by atoms with Gasteiger partial charge in [0.15, 0.2) is 0 Å². The van der Waals surface area contributed by atoms with Gasteiger partial charge in [0.2, 0.25) is 0 Å². The third-order valence-corrected chi connectivity index (χ3v) is 4.38. The molecule has 2 bridgehead atoms. The number of hydrogen-bond acceptors (Lipinski definition) is 3. The number of ether oxygens (including phenoxy) is 2. The van der Waals surface area contributed by atoms with Crippen LogP contribution in [0.5, 0.6) is 0 Å². The first-order chi connectivity index (χ1) is 11.2. The van der Waals surface area contributed by atoms with Crippen molar-refractivity contribution in [1.29, 1.82) is 0 Å². The van der Waals surface area contributed by atoms with Gasteiger partial charge in [0, 0.05) is 0 Å². The molecule has 0 N–H and O–H groups in total. The maximum absolute atomic E-state index is 13.4. The zero-order valence-corrected chi connectivity index (χ0v) is 14.8. The lowest BCUT2D eigenvalue weighted by atomic mass is 9.90. The molecule has 2 unspecified atom stereocenters. The van der Waals surface area contributed by atoms with Gasteiger partial charge in [0.1, 0.15) is 11.4 Å². The number of hydrogen-bond donors (Lipinski definition) is 0. The minimum absolute atomic E-state index is 0.0950. The fourth-order valence-electron chi connectivity index (χ4n) is 3.11. The normalized spacial score (nSPS) is 23.7. The minimum Gasteiger partial charge on any atom is -0.444 e. The third-order valence-electron chi connectivity index (χ3n) is 4.09. The molecule has 2 aliphatic rings. The Labute approximate surface area is 146 Å². The van der Waals surface area contributed by atoms with Crippen molar-refractivity contribution in [3.63, 3.8) is 0 Å². The van der Waals surface area contributed by atoms with Crippen molar-refractivity contribution in [3.8, 4) is 0 Å². The van der Waals surface area contributed by atoms with Gasteiger partial charge in [-0.15, -0.1) is 0 Å². The Morgan fingerprint density at radius 1 is 1.38 bits per heavy atom. The first kappa shape index (κ1) is 17.2. The van der Waals surface area contributed by atoms with E-state index < -0.39 is 11.4 Å². The molecule has 0 aromatic heterocycles. The smallest absolute Gasteiger partial charge is 0.411 e. The van der Waals surface area contributed by atoms with Crippen molar-refractivity contribution in [3.05, 3.63) is 40.7 Å². The maximum Gasteiger partial charge on any atom is 0.411 e. The lowest BCUT2D eigenvalue weighted by molar-refractivity contribution is -0.0510. The van der Waals surface area contributed by atoms with Crippen LogP contribution in [0.25, 0.3) is 5.57 Å². The number of fused-ring (bicyclic) bond motifs is 2. The highest BCUT2D eigenvalue weighted by Gasteiger charge is 2.40. The van der Waals surface area contributed by atoms with E-state index in [9.17, 15) is 9.18 Å². The Bertz CT molecular complexity index is 683. The quantitative estimate of drug-likeness (QED) is 0.756. The van der Waals surface area contributed by atoms with E-state index in [0.29, 0.717) is 19.6 Å². The molecular formula is C18H21ClFNO3. The zero-order valence-electron chi connectivity index (χ0n) is 14.0. The Morgan fingerprint density at radius 3 is 2.75 bits per heavy atom. The first-order valence-electron chi connectivity index (χ1n) is 8.00. The van der Waals surface area contributed by atoms with Crippen LogP contribution in [0.15, 0.2) is 24.3 Å². The second-order valence-electron chi connectivity index (χ2n) is 7.17. The van der Waals surface area contributed by atoms with E-state index in [0.717, 1.165) is 11.1 Å². The summed E-state index contributed by atoms with van der Waals surface area (Å²) in [6.45, 7) is 6.44. The number of morpholine rings is 1. The van der Waals surface area contributed by atoms with Gasteiger partial charge in [0.25, 0.3) is 0 Å². The van der Waals surface area contributed by atoms with Crippen LogP contribution in [0.4, 0.5) is 9.18 Å². The van der Waals surface area contributed by atoms with E-state index >= 15 is 0 Å². The number of carbonyl (C=O) groups is 1. The third kappa shape index (κ3) is 3.57. The number of rotatable bonds is 1. The van der Waals surface area contributed by atoms with E-state index in [2.05, 4.69) is 0 Å². The Balaban J connectivity index is 1.87. The van der Waals surface area contributed by atoms with Crippen molar-refractivity contribution in [2.75, 3.05) is 13.2 Å². The number of benzene rings is 1. The molecule has 0 spiro atoms.